The Hall–Kier alpha value is -0.860. The Kier molecular flexibility index (Phi) is 5.69. The summed E-state index contributed by atoms with van der Waals surface area (Å²) in [7, 11) is 0. The van der Waals surface area contributed by atoms with Crippen molar-refractivity contribution in [3.8, 4) is 11.8 Å². The maximum atomic E-state index is 8.61. The maximum absolute atomic E-state index is 8.61. The summed E-state index contributed by atoms with van der Waals surface area (Å²) in [6.45, 7) is 3.12. The van der Waals surface area contributed by atoms with Gasteiger partial charge < -0.3 is 14.6 Å². The van der Waals surface area contributed by atoms with Crippen molar-refractivity contribution >= 4 is 11.3 Å². The first kappa shape index (κ1) is 13.6. The molecule has 18 heavy (non-hydrogen) atoms. The van der Waals surface area contributed by atoms with Crippen molar-refractivity contribution in [3.63, 3.8) is 0 Å². The molecule has 2 heterocycles. The molecule has 0 aromatic carbocycles. The summed E-state index contributed by atoms with van der Waals surface area (Å²) in [5.41, 5.74) is 0.957. The number of ether oxygens (including phenoxy) is 2. The molecule has 1 aromatic rings. The first-order valence-corrected chi connectivity index (χ1v) is 7.09. The van der Waals surface area contributed by atoms with E-state index in [0.717, 1.165) is 38.2 Å². The molecule has 1 fully saturated rings. The molecule has 0 spiro atoms. The predicted octanol–water partition coefficient (Wildman–Crippen LogP) is 2.04. The number of aliphatic hydroxyl groups excluding tert-OH is 1. The van der Waals surface area contributed by atoms with Gasteiger partial charge in [-0.3, -0.25) is 0 Å². The summed E-state index contributed by atoms with van der Waals surface area (Å²) in [4.78, 5) is 1.18. The first-order chi connectivity index (χ1) is 8.88. The van der Waals surface area contributed by atoms with Gasteiger partial charge in [0.05, 0.1) is 13.2 Å². The topological polar surface area (TPSA) is 38.7 Å². The van der Waals surface area contributed by atoms with Gasteiger partial charge in [0.2, 0.25) is 0 Å². The maximum Gasteiger partial charge on any atom is 0.104 e. The molecule has 3 nitrogen and oxygen atoms in total. The fourth-order valence-corrected chi connectivity index (χ4v) is 2.65. The summed E-state index contributed by atoms with van der Waals surface area (Å²) in [6, 6.07) is 2.03. The second kappa shape index (κ2) is 7.55. The summed E-state index contributed by atoms with van der Waals surface area (Å²) in [5.74, 6) is 6.18. The van der Waals surface area contributed by atoms with Crippen LogP contribution in [0.15, 0.2) is 11.4 Å². The summed E-state index contributed by atoms with van der Waals surface area (Å²) < 4.78 is 11.1. The summed E-state index contributed by atoms with van der Waals surface area (Å²) in [5, 5.41) is 10.6. The van der Waals surface area contributed by atoms with Crippen LogP contribution in [0.5, 0.6) is 0 Å². The highest BCUT2D eigenvalue weighted by Crippen LogP contribution is 2.18. The van der Waals surface area contributed by atoms with E-state index in [1.807, 2.05) is 11.4 Å². The van der Waals surface area contributed by atoms with E-state index in [4.69, 9.17) is 14.6 Å². The third kappa shape index (κ3) is 4.43. The van der Waals surface area contributed by atoms with Crippen molar-refractivity contribution in [1.29, 1.82) is 0 Å². The third-order valence-electron chi connectivity index (χ3n) is 2.90. The number of thiophene rings is 1. The molecule has 1 saturated heterocycles. The lowest BCUT2D eigenvalue weighted by Crippen LogP contribution is -2.19. The number of aliphatic hydroxyl groups is 1. The van der Waals surface area contributed by atoms with Crippen molar-refractivity contribution in [2.24, 2.45) is 5.92 Å². The van der Waals surface area contributed by atoms with Crippen molar-refractivity contribution in [2.75, 3.05) is 26.4 Å². The molecule has 1 aliphatic heterocycles. The Morgan fingerprint density at radius 2 is 2.28 bits per heavy atom. The molecule has 0 unspecified atom stereocenters. The zero-order chi connectivity index (χ0) is 12.6. The normalized spacial score (nSPS) is 16.3. The molecule has 0 bridgehead atoms. The highest BCUT2D eigenvalue weighted by molar-refractivity contribution is 7.10. The van der Waals surface area contributed by atoms with Crippen molar-refractivity contribution in [2.45, 2.75) is 19.4 Å². The van der Waals surface area contributed by atoms with E-state index in [2.05, 4.69) is 11.8 Å². The van der Waals surface area contributed by atoms with E-state index in [-0.39, 0.29) is 6.61 Å². The van der Waals surface area contributed by atoms with Crippen molar-refractivity contribution < 1.29 is 14.6 Å². The Bertz CT molecular complexity index is 410. The second-order valence-electron chi connectivity index (χ2n) is 4.33. The quantitative estimate of drug-likeness (QED) is 0.848. The molecule has 98 valence electrons. The predicted molar refractivity (Wildman–Crippen MR) is 71.5 cm³/mol. The van der Waals surface area contributed by atoms with E-state index in [1.165, 1.54) is 4.88 Å². The standard InChI is InChI=1S/C14H18O3S/c15-5-1-2-13-8-14(18-11-13)10-17-9-12-3-6-16-7-4-12/h8,11-12,15H,3-7,9-10H2. The minimum Gasteiger partial charge on any atom is -0.384 e. The van der Waals surface area contributed by atoms with Gasteiger partial charge in [0, 0.05) is 29.0 Å². The van der Waals surface area contributed by atoms with Crippen LogP contribution in [0.3, 0.4) is 0 Å². The van der Waals surface area contributed by atoms with E-state index >= 15 is 0 Å². The fourth-order valence-electron chi connectivity index (χ4n) is 1.90. The van der Waals surface area contributed by atoms with Crippen LogP contribution in [0, 0.1) is 17.8 Å². The largest absolute Gasteiger partial charge is 0.384 e. The zero-order valence-corrected chi connectivity index (χ0v) is 11.2. The molecule has 0 amide bonds. The van der Waals surface area contributed by atoms with Crippen LogP contribution in [0.25, 0.3) is 0 Å². The molecule has 0 atom stereocenters. The van der Waals surface area contributed by atoms with Crippen LogP contribution in [0.4, 0.5) is 0 Å². The molecule has 1 N–H and O–H groups in total. The Morgan fingerprint density at radius 1 is 1.44 bits per heavy atom. The molecule has 0 radical (unpaired) electrons. The first-order valence-electron chi connectivity index (χ1n) is 6.21. The zero-order valence-electron chi connectivity index (χ0n) is 10.4. The SMILES string of the molecule is OCC#Cc1csc(COCC2CCOCC2)c1. The van der Waals surface area contributed by atoms with Gasteiger partial charge >= 0.3 is 0 Å². The lowest BCUT2D eigenvalue weighted by atomic mass is 10.0. The van der Waals surface area contributed by atoms with Crippen LogP contribution < -0.4 is 0 Å². The van der Waals surface area contributed by atoms with Crippen LogP contribution in [-0.4, -0.2) is 31.5 Å². The average molecular weight is 266 g/mol. The minimum atomic E-state index is -0.0918. The molecule has 2 rings (SSSR count). The summed E-state index contributed by atoms with van der Waals surface area (Å²) >= 11 is 1.65. The van der Waals surface area contributed by atoms with E-state index < -0.39 is 0 Å². The van der Waals surface area contributed by atoms with Crippen LogP contribution >= 0.6 is 11.3 Å². The Morgan fingerprint density at radius 3 is 3.06 bits per heavy atom. The molecule has 1 aromatic heterocycles. The van der Waals surface area contributed by atoms with E-state index in [1.54, 1.807) is 11.3 Å². The molecular weight excluding hydrogens is 248 g/mol. The van der Waals surface area contributed by atoms with Gasteiger partial charge in [-0.25, -0.2) is 0 Å². The van der Waals surface area contributed by atoms with E-state index in [0.29, 0.717) is 12.5 Å². The lowest BCUT2D eigenvalue weighted by Gasteiger charge is -2.21. The summed E-state index contributed by atoms with van der Waals surface area (Å²) in [6.07, 6.45) is 2.22. The van der Waals surface area contributed by atoms with Crippen LogP contribution in [0.2, 0.25) is 0 Å². The number of hydrogen-bond acceptors (Lipinski definition) is 4. The van der Waals surface area contributed by atoms with E-state index in [9.17, 15) is 0 Å². The van der Waals surface area contributed by atoms with Gasteiger partial charge in [-0.2, -0.15) is 0 Å². The number of hydrogen-bond donors (Lipinski definition) is 1. The van der Waals surface area contributed by atoms with Gasteiger partial charge in [0.25, 0.3) is 0 Å². The fraction of sp³-hybridized carbons (Fsp3) is 0.571. The Balaban J connectivity index is 1.71. The van der Waals surface area contributed by atoms with Crippen molar-refractivity contribution in [3.05, 3.63) is 21.9 Å². The Labute approximate surface area is 112 Å². The van der Waals surface area contributed by atoms with Gasteiger partial charge in [-0.15, -0.1) is 11.3 Å². The van der Waals surface area contributed by atoms with Gasteiger partial charge in [-0.1, -0.05) is 11.8 Å². The third-order valence-corrected chi connectivity index (χ3v) is 3.81. The lowest BCUT2D eigenvalue weighted by molar-refractivity contribution is 0.0163. The van der Waals surface area contributed by atoms with Gasteiger partial charge in [0.15, 0.2) is 0 Å². The minimum absolute atomic E-state index is 0.0918. The molecule has 0 saturated carbocycles. The molecule has 0 aliphatic carbocycles. The highest BCUT2D eigenvalue weighted by atomic mass is 32.1. The monoisotopic (exact) mass is 266 g/mol. The van der Waals surface area contributed by atoms with Gasteiger partial charge in [-0.05, 0) is 24.8 Å². The van der Waals surface area contributed by atoms with Crippen molar-refractivity contribution in [1.82, 2.24) is 0 Å². The smallest absolute Gasteiger partial charge is 0.104 e. The molecule has 1 aliphatic rings. The second-order valence-corrected chi connectivity index (χ2v) is 5.33. The van der Waals surface area contributed by atoms with Crippen LogP contribution in [0.1, 0.15) is 23.3 Å². The van der Waals surface area contributed by atoms with Gasteiger partial charge in [0.1, 0.15) is 6.61 Å². The molecular formula is C14H18O3S. The number of rotatable bonds is 4. The highest BCUT2D eigenvalue weighted by Gasteiger charge is 2.13. The average Bonchev–Trinajstić information content (AvgIpc) is 2.85. The molecule has 4 heteroatoms. The van der Waals surface area contributed by atoms with Crippen LogP contribution in [-0.2, 0) is 16.1 Å².